The van der Waals surface area contributed by atoms with Gasteiger partial charge >= 0.3 is 0 Å². The lowest BCUT2D eigenvalue weighted by atomic mass is 10.2. The molecule has 0 spiro atoms. The molecule has 0 fully saturated rings. The van der Waals surface area contributed by atoms with Crippen LogP contribution in [-0.2, 0) is 9.53 Å². The molecule has 16 heavy (non-hydrogen) atoms. The maximum absolute atomic E-state index is 11.3. The van der Waals surface area contributed by atoms with Crippen LogP contribution in [-0.4, -0.2) is 30.8 Å². The number of amides is 1. The number of aryl methyl sites for hydroxylation is 1. The lowest BCUT2D eigenvalue weighted by Gasteiger charge is -2.06. The van der Waals surface area contributed by atoms with Crippen molar-refractivity contribution in [3.8, 4) is 0 Å². The smallest absolute Gasteiger partial charge is 0.250 e. The summed E-state index contributed by atoms with van der Waals surface area (Å²) in [5.41, 5.74) is 1.59. The molecule has 5 heteroatoms. The van der Waals surface area contributed by atoms with Crippen molar-refractivity contribution < 1.29 is 14.6 Å². The standard InChI is InChI=1S/C11H14ClNO3/c1-8-2-3-9(6-10(8)12)13-11(15)7-16-5-4-14/h2-3,6,14H,4-5,7H2,1H3,(H,13,15). The lowest BCUT2D eigenvalue weighted by molar-refractivity contribution is -0.120. The predicted molar refractivity (Wildman–Crippen MR) is 62.7 cm³/mol. The quantitative estimate of drug-likeness (QED) is 0.773. The van der Waals surface area contributed by atoms with Crippen LogP contribution in [0.4, 0.5) is 5.69 Å². The number of ether oxygens (including phenoxy) is 1. The first-order valence-corrected chi connectivity index (χ1v) is 5.26. The number of hydrogen-bond donors (Lipinski definition) is 2. The molecule has 0 heterocycles. The van der Waals surface area contributed by atoms with Crippen molar-refractivity contribution in [2.75, 3.05) is 25.1 Å². The van der Waals surface area contributed by atoms with E-state index in [0.717, 1.165) is 5.56 Å². The highest BCUT2D eigenvalue weighted by Gasteiger charge is 2.03. The summed E-state index contributed by atoms with van der Waals surface area (Å²) in [7, 11) is 0. The van der Waals surface area contributed by atoms with Gasteiger partial charge < -0.3 is 15.2 Å². The maximum atomic E-state index is 11.3. The summed E-state index contributed by atoms with van der Waals surface area (Å²) < 4.78 is 4.88. The molecule has 0 aliphatic heterocycles. The van der Waals surface area contributed by atoms with Crippen molar-refractivity contribution in [3.63, 3.8) is 0 Å². The Bertz CT molecular complexity index is 368. The fraction of sp³-hybridized carbons (Fsp3) is 0.364. The average Bonchev–Trinajstić information content (AvgIpc) is 2.24. The van der Waals surface area contributed by atoms with E-state index in [1.54, 1.807) is 12.1 Å². The van der Waals surface area contributed by atoms with E-state index < -0.39 is 0 Å². The molecule has 1 amide bonds. The van der Waals surface area contributed by atoms with Crippen molar-refractivity contribution in [2.24, 2.45) is 0 Å². The van der Waals surface area contributed by atoms with Gasteiger partial charge in [0, 0.05) is 10.7 Å². The number of rotatable bonds is 5. The summed E-state index contributed by atoms with van der Waals surface area (Å²) in [6.07, 6.45) is 0. The van der Waals surface area contributed by atoms with Gasteiger partial charge in [0.15, 0.2) is 0 Å². The third kappa shape index (κ3) is 4.18. The molecule has 1 aromatic carbocycles. The van der Waals surface area contributed by atoms with Gasteiger partial charge in [0.25, 0.3) is 0 Å². The van der Waals surface area contributed by atoms with Gasteiger partial charge in [0.2, 0.25) is 5.91 Å². The monoisotopic (exact) mass is 243 g/mol. The molecule has 1 aromatic rings. The van der Waals surface area contributed by atoms with E-state index >= 15 is 0 Å². The van der Waals surface area contributed by atoms with E-state index in [9.17, 15) is 4.79 Å². The molecule has 0 saturated heterocycles. The largest absolute Gasteiger partial charge is 0.394 e. The van der Waals surface area contributed by atoms with E-state index in [0.29, 0.717) is 10.7 Å². The van der Waals surface area contributed by atoms with Gasteiger partial charge in [-0.05, 0) is 24.6 Å². The molecule has 0 saturated carbocycles. The fourth-order valence-corrected chi connectivity index (χ4v) is 1.28. The molecule has 1 rings (SSSR count). The van der Waals surface area contributed by atoms with Crippen LogP contribution in [0.1, 0.15) is 5.56 Å². The molecular formula is C11H14ClNO3. The highest BCUT2D eigenvalue weighted by atomic mass is 35.5. The van der Waals surface area contributed by atoms with Crippen molar-refractivity contribution in [2.45, 2.75) is 6.92 Å². The van der Waals surface area contributed by atoms with Crippen molar-refractivity contribution in [1.29, 1.82) is 0 Å². The van der Waals surface area contributed by atoms with Crippen molar-refractivity contribution >= 4 is 23.2 Å². The normalized spacial score (nSPS) is 10.2. The van der Waals surface area contributed by atoms with Crippen molar-refractivity contribution in [1.82, 2.24) is 0 Å². The number of benzene rings is 1. The average molecular weight is 244 g/mol. The Hall–Kier alpha value is -1.10. The van der Waals surface area contributed by atoms with E-state index in [1.165, 1.54) is 0 Å². The van der Waals surface area contributed by atoms with Crippen LogP contribution in [0.2, 0.25) is 5.02 Å². The Morgan fingerprint density at radius 1 is 1.56 bits per heavy atom. The molecule has 88 valence electrons. The van der Waals surface area contributed by atoms with Gasteiger partial charge in [-0.25, -0.2) is 0 Å². The van der Waals surface area contributed by atoms with Crippen molar-refractivity contribution in [3.05, 3.63) is 28.8 Å². The highest BCUT2D eigenvalue weighted by Crippen LogP contribution is 2.19. The van der Waals surface area contributed by atoms with E-state index in [4.69, 9.17) is 21.4 Å². The van der Waals surface area contributed by atoms with Crippen LogP contribution in [0.25, 0.3) is 0 Å². The Morgan fingerprint density at radius 2 is 2.31 bits per heavy atom. The molecular weight excluding hydrogens is 230 g/mol. The Morgan fingerprint density at radius 3 is 2.94 bits per heavy atom. The van der Waals surface area contributed by atoms with E-state index in [1.807, 2.05) is 13.0 Å². The van der Waals surface area contributed by atoms with Gasteiger partial charge in [-0.15, -0.1) is 0 Å². The Kier molecular flexibility index (Phi) is 5.25. The minimum atomic E-state index is -0.270. The number of halogens is 1. The molecule has 0 bridgehead atoms. The first kappa shape index (κ1) is 13.0. The van der Waals surface area contributed by atoms with Crippen LogP contribution >= 0.6 is 11.6 Å². The van der Waals surface area contributed by atoms with Crippen LogP contribution in [0.5, 0.6) is 0 Å². The summed E-state index contributed by atoms with van der Waals surface area (Å²) in [6.45, 7) is 1.87. The lowest BCUT2D eigenvalue weighted by Crippen LogP contribution is -2.19. The zero-order chi connectivity index (χ0) is 12.0. The summed E-state index contributed by atoms with van der Waals surface area (Å²) in [5.74, 6) is -0.270. The molecule has 0 aliphatic carbocycles. The van der Waals surface area contributed by atoms with Crippen LogP contribution in [0.15, 0.2) is 18.2 Å². The van der Waals surface area contributed by atoms with Gasteiger partial charge in [-0.2, -0.15) is 0 Å². The molecule has 0 radical (unpaired) electrons. The Labute approximate surface area is 99.2 Å². The summed E-state index contributed by atoms with van der Waals surface area (Å²) >= 11 is 5.91. The molecule has 0 aromatic heterocycles. The number of anilines is 1. The van der Waals surface area contributed by atoms with E-state index in [2.05, 4.69) is 5.32 Å². The topological polar surface area (TPSA) is 58.6 Å². The summed E-state index contributed by atoms with van der Waals surface area (Å²) in [4.78, 5) is 11.3. The Balaban J connectivity index is 2.46. The fourth-order valence-electron chi connectivity index (χ4n) is 1.10. The van der Waals surface area contributed by atoms with Gasteiger partial charge in [0.05, 0.1) is 13.2 Å². The van der Waals surface area contributed by atoms with Crippen LogP contribution < -0.4 is 5.32 Å². The number of nitrogens with one attached hydrogen (secondary N) is 1. The second kappa shape index (κ2) is 6.48. The SMILES string of the molecule is Cc1ccc(NC(=O)COCCO)cc1Cl. The number of aliphatic hydroxyl groups excluding tert-OH is 1. The zero-order valence-corrected chi connectivity index (χ0v) is 9.75. The first-order chi connectivity index (χ1) is 7.63. The minimum absolute atomic E-state index is 0.0773. The third-order valence-corrected chi connectivity index (χ3v) is 2.33. The molecule has 4 nitrogen and oxygen atoms in total. The minimum Gasteiger partial charge on any atom is -0.394 e. The number of carbonyl (C=O) groups excluding carboxylic acids is 1. The molecule has 0 atom stereocenters. The zero-order valence-electron chi connectivity index (χ0n) is 9.00. The predicted octanol–water partition coefficient (Wildman–Crippen LogP) is 1.60. The van der Waals surface area contributed by atoms with Crippen LogP contribution in [0, 0.1) is 6.92 Å². The first-order valence-electron chi connectivity index (χ1n) is 4.88. The molecule has 0 unspecified atom stereocenters. The number of carbonyl (C=O) groups is 1. The van der Waals surface area contributed by atoms with Gasteiger partial charge in [0.1, 0.15) is 6.61 Å². The highest BCUT2D eigenvalue weighted by molar-refractivity contribution is 6.31. The summed E-state index contributed by atoms with van der Waals surface area (Å²) in [6, 6.07) is 5.28. The second-order valence-electron chi connectivity index (χ2n) is 3.29. The van der Waals surface area contributed by atoms with E-state index in [-0.39, 0.29) is 25.7 Å². The molecule has 0 aliphatic rings. The van der Waals surface area contributed by atoms with Gasteiger partial charge in [-0.1, -0.05) is 17.7 Å². The van der Waals surface area contributed by atoms with Gasteiger partial charge in [-0.3, -0.25) is 4.79 Å². The number of hydrogen-bond acceptors (Lipinski definition) is 3. The number of aliphatic hydroxyl groups is 1. The molecule has 2 N–H and O–H groups in total. The summed E-state index contributed by atoms with van der Waals surface area (Å²) in [5, 5.41) is 11.7. The maximum Gasteiger partial charge on any atom is 0.250 e. The van der Waals surface area contributed by atoms with Crippen LogP contribution in [0.3, 0.4) is 0 Å². The third-order valence-electron chi connectivity index (χ3n) is 1.92. The second-order valence-corrected chi connectivity index (χ2v) is 3.70.